The Hall–Kier alpha value is -1.42. The molecule has 1 aromatic rings. The molecule has 0 saturated heterocycles. The van der Waals surface area contributed by atoms with Crippen LogP contribution in [0.15, 0.2) is 24.3 Å². The SMILES string of the molecule is COc1ccccc1OCCNC(=O)CCCCl. The third-order valence-corrected chi connectivity index (χ3v) is 2.56. The van der Waals surface area contributed by atoms with Gasteiger partial charge in [-0.25, -0.2) is 0 Å². The van der Waals surface area contributed by atoms with Gasteiger partial charge in [-0.15, -0.1) is 11.6 Å². The van der Waals surface area contributed by atoms with E-state index in [0.717, 1.165) is 0 Å². The van der Waals surface area contributed by atoms with Gasteiger partial charge in [-0.1, -0.05) is 12.1 Å². The zero-order valence-electron chi connectivity index (χ0n) is 10.4. The predicted octanol–water partition coefficient (Wildman–Crippen LogP) is 2.21. The van der Waals surface area contributed by atoms with Gasteiger partial charge in [0.15, 0.2) is 11.5 Å². The molecule has 4 nitrogen and oxygen atoms in total. The van der Waals surface area contributed by atoms with E-state index < -0.39 is 0 Å². The smallest absolute Gasteiger partial charge is 0.220 e. The summed E-state index contributed by atoms with van der Waals surface area (Å²) in [6.07, 6.45) is 1.15. The summed E-state index contributed by atoms with van der Waals surface area (Å²) in [5.41, 5.74) is 0. The molecule has 1 N–H and O–H groups in total. The standard InChI is InChI=1S/C13H18ClNO3/c1-17-11-5-2-3-6-12(11)18-10-9-15-13(16)7-4-8-14/h2-3,5-6H,4,7-10H2,1H3,(H,15,16). The van der Waals surface area contributed by atoms with Crippen LogP contribution < -0.4 is 14.8 Å². The highest BCUT2D eigenvalue weighted by molar-refractivity contribution is 6.17. The van der Waals surface area contributed by atoms with Crippen LogP contribution in [-0.4, -0.2) is 32.0 Å². The maximum Gasteiger partial charge on any atom is 0.220 e. The van der Waals surface area contributed by atoms with Crippen molar-refractivity contribution in [2.75, 3.05) is 26.1 Å². The first kappa shape index (κ1) is 14.6. The van der Waals surface area contributed by atoms with E-state index in [9.17, 15) is 4.79 Å². The summed E-state index contributed by atoms with van der Waals surface area (Å²) < 4.78 is 10.7. The van der Waals surface area contributed by atoms with Crippen LogP contribution in [0.1, 0.15) is 12.8 Å². The first-order valence-electron chi connectivity index (χ1n) is 5.86. The summed E-state index contributed by atoms with van der Waals surface area (Å²) in [5, 5.41) is 2.76. The van der Waals surface area contributed by atoms with Crippen molar-refractivity contribution in [2.45, 2.75) is 12.8 Å². The largest absolute Gasteiger partial charge is 0.493 e. The molecular formula is C13H18ClNO3. The number of nitrogens with one attached hydrogen (secondary N) is 1. The summed E-state index contributed by atoms with van der Waals surface area (Å²) in [5.74, 6) is 1.87. The zero-order chi connectivity index (χ0) is 13.2. The Morgan fingerprint density at radius 2 is 2.06 bits per heavy atom. The average molecular weight is 272 g/mol. The topological polar surface area (TPSA) is 47.6 Å². The minimum absolute atomic E-state index is 0.000670. The highest BCUT2D eigenvalue weighted by Crippen LogP contribution is 2.25. The van der Waals surface area contributed by atoms with Crippen LogP contribution >= 0.6 is 11.6 Å². The minimum Gasteiger partial charge on any atom is -0.493 e. The van der Waals surface area contributed by atoms with E-state index >= 15 is 0 Å². The molecule has 0 aliphatic heterocycles. The lowest BCUT2D eigenvalue weighted by molar-refractivity contribution is -0.121. The first-order chi connectivity index (χ1) is 8.77. The Kier molecular flexibility index (Phi) is 7.03. The number of hydrogen-bond acceptors (Lipinski definition) is 3. The molecule has 0 aliphatic carbocycles. The molecule has 1 amide bonds. The molecule has 0 aromatic heterocycles. The highest BCUT2D eigenvalue weighted by Gasteiger charge is 2.03. The van der Waals surface area contributed by atoms with Crippen molar-refractivity contribution in [3.8, 4) is 11.5 Å². The number of amides is 1. The van der Waals surface area contributed by atoms with Gasteiger partial charge < -0.3 is 14.8 Å². The van der Waals surface area contributed by atoms with Gasteiger partial charge in [0.1, 0.15) is 6.61 Å². The van der Waals surface area contributed by atoms with Crippen LogP contribution in [-0.2, 0) is 4.79 Å². The zero-order valence-corrected chi connectivity index (χ0v) is 11.2. The van der Waals surface area contributed by atoms with Gasteiger partial charge in [0.2, 0.25) is 5.91 Å². The van der Waals surface area contributed by atoms with Crippen LogP contribution in [0.3, 0.4) is 0 Å². The van der Waals surface area contributed by atoms with Gasteiger partial charge in [-0.3, -0.25) is 4.79 Å². The Morgan fingerprint density at radius 3 is 2.72 bits per heavy atom. The number of carbonyl (C=O) groups excluding carboxylic acids is 1. The van der Waals surface area contributed by atoms with Crippen molar-refractivity contribution in [3.63, 3.8) is 0 Å². The van der Waals surface area contributed by atoms with E-state index in [2.05, 4.69) is 5.32 Å². The third-order valence-electron chi connectivity index (χ3n) is 2.29. The second kappa shape index (κ2) is 8.64. The van der Waals surface area contributed by atoms with Gasteiger partial charge in [0.05, 0.1) is 13.7 Å². The quantitative estimate of drug-likeness (QED) is 0.582. The van der Waals surface area contributed by atoms with Crippen molar-refractivity contribution < 1.29 is 14.3 Å². The number of benzene rings is 1. The van der Waals surface area contributed by atoms with E-state index in [1.165, 1.54) is 0 Å². The van der Waals surface area contributed by atoms with Gasteiger partial charge in [0.25, 0.3) is 0 Å². The number of ether oxygens (including phenoxy) is 2. The monoisotopic (exact) mass is 271 g/mol. The van der Waals surface area contributed by atoms with E-state index in [-0.39, 0.29) is 5.91 Å². The molecule has 0 spiro atoms. The Bertz CT molecular complexity index is 371. The molecule has 0 saturated carbocycles. The molecule has 0 radical (unpaired) electrons. The normalized spacial score (nSPS) is 9.89. The van der Waals surface area contributed by atoms with Crippen molar-refractivity contribution in [3.05, 3.63) is 24.3 Å². The molecule has 1 rings (SSSR count). The second-order valence-corrected chi connectivity index (χ2v) is 4.02. The Labute approximate surface area is 112 Å². The molecule has 5 heteroatoms. The molecule has 0 heterocycles. The molecular weight excluding hydrogens is 254 g/mol. The lowest BCUT2D eigenvalue weighted by Crippen LogP contribution is -2.27. The number of para-hydroxylation sites is 2. The molecule has 18 heavy (non-hydrogen) atoms. The van der Waals surface area contributed by atoms with E-state index in [1.807, 2.05) is 24.3 Å². The molecule has 100 valence electrons. The number of alkyl halides is 1. The van der Waals surface area contributed by atoms with Gasteiger partial charge in [0, 0.05) is 12.3 Å². The van der Waals surface area contributed by atoms with Crippen molar-refractivity contribution >= 4 is 17.5 Å². The molecule has 0 fully saturated rings. The fourth-order valence-electron chi connectivity index (χ4n) is 1.41. The minimum atomic E-state index is -0.000670. The van der Waals surface area contributed by atoms with E-state index in [0.29, 0.717) is 43.4 Å². The van der Waals surface area contributed by atoms with Crippen LogP contribution in [0.25, 0.3) is 0 Å². The van der Waals surface area contributed by atoms with Crippen LogP contribution in [0.5, 0.6) is 11.5 Å². The summed E-state index contributed by atoms with van der Waals surface area (Å²) in [4.78, 5) is 11.3. The Morgan fingerprint density at radius 1 is 1.33 bits per heavy atom. The van der Waals surface area contributed by atoms with Crippen molar-refractivity contribution in [2.24, 2.45) is 0 Å². The van der Waals surface area contributed by atoms with Gasteiger partial charge >= 0.3 is 0 Å². The number of methoxy groups -OCH3 is 1. The second-order valence-electron chi connectivity index (χ2n) is 3.64. The summed E-state index contributed by atoms with van der Waals surface area (Å²) in [6, 6.07) is 7.40. The maximum absolute atomic E-state index is 11.3. The van der Waals surface area contributed by atoms with Crippen LogP contribution in [0.4, 0.5) is 0 Å². The van der Waals surface area contributed by atoms with Crippen molar-refractivity contribution in [1.29, 1.82) is 0 Å². The first-order valence-corrected chi connectivity index (χ1v) is 6.40. The molecule has 0 aliphatic rings. The van der Waals surface area contributed by atoms with Crippen LogP contribution in [0, 0.1) is 0 Å². The molecule has 1 aromatic carbocycles. The van der Waals surface area contributed by atoms with Crippen LogP contribution in [0.2, 0.25) is 0 Å². The highest BCUT2D eigenvalue weighted by atomic mass is 35.5. The summed E-state index contributed by atoms with van der Waals surface area (Å²) in [6.45, 7) is 0.881. The fraction of sp³-hybridized carbons (Fsp3) is 0.462. The van der Waals surface area contributed by atoms with Crippen molar-refractivity contribution in [1.82, 2.24) is 5.32 Å². The number of rotatable bonds is 8. The number of carbonyl (C=O) groups is 1. The molecule has 0 unspecified atom stereocenters. The fourth-order valence-corrected chi connectivity index (χ4v) is 1.54. The third kappa shape index (κ3) is 5.27. The predicted molar refractivity (Wildman–Crippen MR) is 71.5 cm³/mol. The number of hydrogen-bond donors (Lipinski definition) is 1. The van der Waals surface area contributed by atoms with E-state index in [4.69, 9.17) is 21.1 Å². The van der Waals surface area contributed by atoms with Gasteiger partial charge in [-0.2, -0.15) is 0 Å². The lowest BCUT2D eigenvalue weighted by atomic mass is 10.3. The summed E-state index contributed by atoms with van der Waals surface area (Å²) >= 11 is 5.50. The average Bonchev–Trinajstić information content (AvgIpc) is 2.41. The van der Waals surface area contributed by atoms with Gasteiger partial charge in [-0.05, 0) is 18.6 Å². The molecule has 0 atom stereocenters. The van der Waals surface area contributed by atoms with E-state index in [1.54, 1.807) is 7.11 Å². The Balaban J connectivity index is 2.23. The maximum atomic E-state index is 11.3. The molecule has 0 bridgehead atoms. The number of halogens is 1. The lowest BCUT2D eigenvalue weighted by Gasteiger charge is -2.10. The summed E-state index contributed by atoms with van der Waals surface area (Å²) in [7, 11) is 1.59.